The van der Waals surface area contributed by atoms with Crippen molar-refractivity contribution in [1.82, 2.24) is 5.32 Å². The van der Waals surface area contributed by atoms with E-state index in [2.05, 4.69) is 5.32 Å². The molecule has 0 aliphatic heterocycles. The minimum Gasteiger partial charge on any atom is -0.493 e. The first-order chi connectivity index (χ1) is 14.5. The third-order valence-electron chi connectivity index (χ3n) is 5.20. The number of rotatable bonds is 6. The van der Waals surface area contributed by atoms with E-state index in [0.717, 1.165) is 11.1 Å². The van der Waals surface area contributed by atoms with Gasteiger partial charge < -0.3 is 29.4 Å². The summed E-state index contributed by atoms with van der Waals surface area (Å²) >= 11 is 0. The molecule has 0 spiro atoms. The lowest BCUT2D eigenvalue weighted by atomic mass is 9.95. The van der Waals surface area contributed by atoms with Crippen molar-refractivity contribution in [1.29, 1.82) is 0 Å². The van der Waals surface area contributed by atoms with Gasteiger partial charge in [0.05, 0.1) is 34.5 Å². The second-order valence-electron chi connectivity index (χ2n) is 6.78. The average Bonchev–Trinajstić information content (AvgIpc) is 3.00. The number of aliphatic hydroxyl groups excluding tert-OH is 1. The summed E-state index contributed by atoms with van der Waals surface area (Å²) in [5.41, 5.74) is 2.66. The molecule has 1 aliphatic carbocycles. The van der Waals surface area contributed by atoms with Crippen LogP contribution in [0.15, 0.2) is 29.1 Å². The number of amides is 1. The zero-order valence-corrected chi connectivity index (χ0v) is 17.4. The fourth-order valence-electron chi connectivity index (χ4n) is 3.86. The number of aliphatic hydroxyl groups is 1. The highest BCUT2D eigenvalue weighted by Crippen LogP contribution is 2.50. The molecule has 0 saturated carbocycles. The van der Waals surface area contributed by atoms with Crippen LogP contribution < -0.4 is 29.7 Å². The summed E-state index contributed by atoms with van der Waals surface area (Å²) in [6.07, 6.45) is 1.09. The first kappa shape index (κ1) is 21.4. The largest absolute Gasteiger partial charge is 0.493 e. The Kier molecular flexibility index (Phi) is 6.47. The first-order valence-corrected chi connectivity index (χ1v) is 9.43. The van der Waals surface area contributed by atoms with E-state index >= 15 is 0 Å². The van der Waals surface area contributed by atoms with Gasteiger partial charge in [-0.15, -0.1) is 0 Å². The maximum absolute atomic E-state index is 12.7. The van der Waals surface area contributed by atoms with Gasteiger partial charge in [-0.2, -0.15) is 0 Å². The third-order valence-corrected chi connectivity index (χ3v) is 5.20. The van der Waals surface area contributed by atoms with Crippen molar-refractivity contribution in [3.05, 3.63) is 45.6 Å². The van der Waals surface area contributed by atoms with Crippen LogP contribution in [0.25, 0.3) is 11.1 Å². The zero-order chi connectivity index (χ0) is 21.8. The van der Waals surface area contributed by atoms with Gasteiger partial charge in [0.2, 0.25) is 17.1 Å². The molecule has 8 nitrogen and oxygen atoms in total. The summed E-state index contributed by atoms with van der Waals surface area (Å²) in [5.74, 6) is 1.08. The molecular formula is C22H25NO7. The molecule has 3 rings (SSSR count). The van der Waals surface area contributed by atoms with Crippen molar-refractivity contribution < 1.29 is 28.8 Å². The van der Waals surface area contributed by atoms with Gasteiger partial charge in [0.15, 0.2) is 17.2 Å². The molecule has 0 aromatic heterocycles. The van der Waals surface area contributed by atoms with Gasteiger partial charge in [0.25, 0.3) is 0 Å². The molecule has 0 fully saturated rings. The molecule has 2 N–H and O–H groups in total. The number of hydrogen-bond donors (Lipinski definition) is 2. The SMILES string of the molecule is COc1cc2c(c(OC)c1OC)-c1ccc(OC)c(=O)cc1[C@@H](NC(=O)CO)CC2. The summed E-state index contributed by atoms with van der Waals surface area (Å²) in [5, 5.41) is 12.0. The fourth-order valence-corrected chi connectivity index (χ4v) is 3.86. The number of benzene rings is 1. The van der Waals surface area contributed by atoms with Gasteiger partial charge >= 0.3 is 0 Å². The quantitative estimate of drug-likeness (QED) is 0.742. The van der Waals surface area contributed by atoms with Crippen LogP contribution in [0.2, 0.25) is 0 Å². The zero-order valence-electron chi connectivity index (χ0n) is 17.4. The Bertz CT molecular complexity index is 1020. The highest BCUT2D eigenvalue weighted by atomic mass is 16.5. The molecular weight excluding hydrogens is 390 g/mol. The lowest BCUT2D eigenvalue weighted by Crippen LogP contribution is -2.31. The molecule has 1 amide bonds. The number of fused-ring (bicyclic) bond motifs is 3. The smallest absolute Gasteiger partial charge is 0.246 e. The highest BCUT2D eigenvalue weighted by Gasteiger charge is 2.29. The topological polar surface area (TPSA) is 103 Å². The molecule has 30 heavy (non-hydrogen) atoms. The Balaban J connectivity index is 2.38. The van der Waals surface area contributed by atoms with E-state index in [1.807, 2.05) is 6.07 Å². The van der Waals surface area contributed by atoms with Gasteiger partial charge in [0, 0.05) is 5.56 Å². The van der Waals surface area contributed by atoms with Crippen LogP contribution in [0.5, 0.6) is 23.0 Å². The molecule has 8 heteroatoms. The van der Waals surface area contributed by atoms with E-state index in [4.69, 9.17) is 18.9 Å². The summed E-state index contributed by atoms with van der Waals surface area (Å²) in [6.45, 7) is -0.643. The Morgan fingerprint density at radius 2 is 1.73 bits per heavy atom. The van der Waals surface area contributed by atoms with Gasteiger partial charge in [-0.25, -0.2) is 0 Å². The van der Waals surface area contributed by atoms with E-state index in [0.29, 0.717) is 41.2 Å². The molecule has 0 heterocycles. The molecule has 160 valence electrons. The van der Waals surface area contributed by atoms with Gasteiger partial charge in [-0.3, -0.25) is 9.59 Å². The Morgan fingerprint density at radius 1 is 1.03 bits per heavy atom. The third kappa shape index (κ3) is 3.78. The van der Waals surface area contributed by atoms with Gasteiger partial charge in [-0.1, -0.05) is 6.07 Å². The maximum Gasteiger partial charge on any atom is 0.246 e. The van der Waals surface area contributed by atoms with Crippen molar-refractivity contribution in [3.63, 3.8) is 0 Å². The minimum absolute atomic E-state index is 0.177. The monoisotopic (exact) mass is 415 g/mol. The Morgan fingerprint density at radius 3 is 2.33 bits per heavy atom. The molecule has 0 unspecified atom stereocenters. The summed E-state index contributed by atoms with van der Waals surface area (Å²) in [4.78, 5) is 24.6. The van der Waals surface area contributed by atoms with E-state index < -0.39 is 18.6 Å². The molecule has 1 atom stereocenters. The second-order valence-corrected chi connectivity index (χ2v) is 6.78. The predicted molar refractivity (Wildman–Crippen MR) is 111 cm³/mol. The van der Waals surface area contributed by atoms with Crippen LogP contribution >= 0.6 is 0 Å². The van der Waals surface area contributed by atoms with E-state index in [1.54, 1.807) is 19.2 Å². The Hall–Kier alpha value is -3.26. The highest BCUT2D eigenvalue weighted by molar-refractivity contribution is 5.84. The first-order valence-electron chi connectivity index (χ1n) is 9.43. The standard InChI is InChI=1S/C22H25NO7/c1-27-17-8-6-13-14(10-16(17)25)15(23-19(26)11-24)7-5-12-9-18(28-2)21(29-3)22(30-4)20(12)13/h6,8-10,15,24H,5,7,11H2,1-4H3,(H,23,26)/t15-/m0/s1. The van der Waals surface area contributed by atoms with Crippen molar-refractivity contribution in [2.24, 2.45) is 0 Å². The molecule has 2 aromatic rings. The lowest BCUT2D eigenvalue weighted by Gasteiger charge is -2.19. The number of hydrogen-bond acceptors (Lipinski definition) is 7. The summed E-state index contributed by atoms with van der Waals surface area (Å²) < 4.78 is 21.9. The molecule has 0 radical (unpaired) electrons. The van der Waals surface area contributed by atoms with Crippen LogP contribution in [0.1, 0.15) is 23.6 Å². The van der Waals surface area contributed by atoms with E-state index in [1.165, 1.54) is 27.4 Å². The number of ether oxygens (including phenoxy) is 4. The number of methoxy groups -OCH3 is 4. The van der Waals surface area contributed by atoms with Gasteiger partial charge in [0.1, 0.15) is 6.61 Å². The summed E-state index contributed by atoms with van der Waals surface area (Å²) in [7, 11) is 6.04. The minimum atomic E-state index is -0.643. The van der Waals surface area contributed by atoms with Crippen molar-refractivity contribution in [3.8, 4) is 34.1 Å². The number of nitrogens with one attached hydrogen (secondary N) is 1. The van der Waals surface area contributed by atoms with Crippen LogP contribution in [0.4, 0.5) is 0 Å². The van der Waals surface area contributed by atoms with E-state index in [-0.39, 0.29) is 11.2 Å². The molecule has 1 aliphatic rings. The number of carbonyl (C=O) groups excluding carboxylic acids is 1. The van der Waals surface area contributed by atoms with Crippen molar-refractivity contribution in [2.45, 2.75) is 18.9 Å². The molecule has 0 bridgehead atoms. The van der Waals surface area contributed by atoms with Crippen LogP contribution in [0.3, 0.4) is 0 Å². The normalized spacial score (nSPS) is 14.6. The average molecular weight is 415 g/mol. The predicted octanol–water partition coefficient (Wildman–Crippen LogP) is 1.84. The van der Waals surface area contributed by atoms with Gasteiger partial charge in [-0.05, 0) is 47.7 Å². The second kappa shape index (κ2) is 9.04. The maximum atomic E-state index is 12.7. The molecule has 0 saturated heterocycles. The van der Waals surface area contributed by atoms with Crippen molar-refractivity contribution in [2.75, 3.05) is 35.0 Å². The molecule has 2 aromatic carbocycles. The van der Waals surface area contributed by atoms with E-state index in [9.17, 15) is 14.7 Å². The fraction of sp³-hybridized carbons (Fsp3) is 0.364. The lowest BCUT2D eigenvalue weighted by molar-refractivity contribution is -0.124. The Labute approximate surface area is 174 Å². The summed E-state index contributed by atoms with van der Waals surface area (Å²) in [6, 6.07) is 6.21. The van der Waals surface area contributed by atoms with Crippen LogP contribution in [0, 0.1) is 0 Å². The van der Waals surface area contributed by atoms with Crippen LogP contribution in [-0.2, 0) is 11.2 Å². The number of aryl methyl sites for hydroxylation is 1. The van der Waals surface area contributed by atoms with Crippen molar-refractivity contribution >= 4 is 5.91 Å². The number of carbonyl (C=O) groups is 1. The van der Waals surface area contributed by atoms with Crippen LogP contribution in [-0.4, -0.2) is 46.1 Å².